The second kappa shape index (κ2) is 4.71. The van der Waals surface area contributed by atoms with Crippen molar-refractivity contribution in [1.29, 1.82) is 0 Å². The highest BCUT2D eigenvalue weighted by atomic mass is 79.9. The monoisotopic (exact) mass is 250 g/mol. The normalized spacial score (nSPS) is 10.5. The van der Waals surface area contributed by atoms with Crippen LogP contribution < -0.4 is 5.73 Å². The van der Waals surface area contributed by atoms with E-state index in [0.29, 0.717) is 10.7 Å². The number of aryl methyl sites for hydroxylation is 1. The van der Waals surface area contributed by atoms with Crippen LogP contribution in [0.25, 0.3) is 0 Å². The first-order valence-corrected chi connectivity index (χ1v) is 5.62. The summed E-state index contributed by atoms with van der Waals surface area (Å²) in [6.45, 7) is 2.98. The van der Waals surface area contributed by atoms with Gasteiger partial charge in [0.1, 0.15) is 0 Å². The SMILES string of the molecule is CCSCCn1nc(N)nc1Br. The van der Waals surface area contributed by atoms with Gasteiger partial charge in [0.25, 0.3) is 0 Å². The predicted octanol–water partition coefficient (Wildman–Crippen LogP) is 1.38. The van der Waals surface area contributed by atoms with Crippen molar-refractivity contribution in [3.63, 3.8) is 0 Å². The Hall–Kier alpha value is -0.230. The average Bonchev–Trinajstić information content (AvgIpc) is 2.31. The highest BCUT2D eigenvalue weighted by Crippen LogP contribution is 2.09. The van der Waals surface area contributed by atoms with Gasteiger partial charge in [-0.3, -0.25) is 0 Å². The van der Waals surface area contributed by atoms with Gasteiger partial charge in [-0.05, 0) is 21.7 Å². The van der Waals surface area contributed by atoms with Crippen LogP contribution in [0.15, 0.2) is 4.73 Å². The van der Waals surface area contributed by atoms with E-state index in [9.17, 15) is 0 Å². The predicted molar refractivity (Wildman–Crippen MR) is 55.1 cm³/mol. The summed E-state index contributed by atoms with van der Waals surface area (Å²) in [6.07, 6.45) is 0. The molecule has 1 rings (SSSR count). The van der Waals surface area contributed by atoms with E-state index in [0.717, 1.165) is 18.1 Å². The minimum atomic E-state index is 0.323. The summed E-state index contributed by atoms with van der Waals surface area (Å²) < 4.78 is 2.47. The lowest BCUT2D eigenvalue weighted by molar-refractivity contribution is 0.650. The second-order valence-electron chi connectivity index (χ2n) is 2.16. The van der Waals surface area contributed by atoms with Gasteiger partial charge in [-0.15, -0.1) is 5.10 Å². The number of anilines is 1. The zero-order chi connectivity index (χ0) is 8.97. The molecule has 0 bridgehead atoms. The first kappa shape index (κ1) is 9.85. The summed E-state index contributed by atoms with van der Waals surface area (Å²) in [6, 6.07) is 0. The molecule has 0 saturated carbocycles. The maximum Gasteiger partial charge on any atom is 0.240 e. The molecule has 0 aliphatic rings. The molecule has 0 amide bonds. The molecule has 0 radical (unpaired) electrons. The van der Waals surface area contributed by atoms with E-state index < -0.39 is 0 Å². The van der Waals surface area contributed by atoms with Crippen LogP contribution in [0.4, 0.5) is 5.95 Å². The first-order chi connectivity index (χ1) is 5.74. The maximum absolute atomic E-state index is 5.40. The van der Waals surface area contributed by atoms with E-state index in [1.807, 2.05) is 11.8 Å². The molecule has 0 atom stereocenters. The van der Waals surface area contributed by atoms with Crippen LogP contribution in [-0.4, -0.2) is 26.3 Å². The summed E-state index contributed by atoms with van der Waals surface area (Å²) in [5.41, 5.74) is 5.40. The number of thioether (sulfide) groups is 1. The Labute approximate surface area is 84.0 Å². The van der Waals surface area contributed by atoms with E-state index >= 15 is 0 Å². The smallest absolute Gasteiger partial charge is 0.240 e. The van der Waals surface area contributed by atoms with E-state index in [-0.39, 0.29) is 0 Å². The largest absolute Gasteiger partial charge is 0.366 e. The number of aromatic nitrogens is 3. The lowest BCUT2D eigenvalue weighted by Gasteiger charge is -1.99. The summed E-state index contributed by atoms with van der Waals surface area (Å²) in [5.74, 6) is 2.49. The number of nitrogens with two attached hydrogens (primary N) is 1. The van der Waals surface area contributed by atoms with Crippen LogP contribution in [0.3, 0.4) is 0 Å². The quantitative estimate of drug-likeness (QED) is 0.821. The van der Waals surface area contributed by atoms with Crippen LogP contribution in [0.1, 0.15) is 6.92 Å². The van der Waals surface area contributed by atoms with Gasteiger partial charge < -0.3 is 5.73 Å². The van der Waals surface area contributed by atoms with Crippen LogP contribution in [0, 0.1) is 0 Å². The lowest BCUT2D eigenvalue weighted by Crippen LogP contribution is -2.03. The molecule has 6 heteroatoms. The lowest BCUT2D eigenvalue weighted by atomic mass is 10.8. The molecule has 0 unspecified atom stereocenters. The minimum Gasteiger partial charge on any atom is -0.366 e. The fraction of sp³-hybridized carbons (Fsp3) is 0.667. The number of hydrogen-bond donors (Lipinski definition) is 1. The summed E-state index contributed by atoms with van der Waals surface area (Å²) in [7, 11) is 0. The Balaban J connectivity index is 2.45. The fourth-order valence-electron chi connectivity index (χ4n) is 0.777. The van der Waals surface area contributed by atoms with Gasteiger partial charge in [-0.25, -0.2) is 4.68 Å². The molecule has 0 fully saturated rings. The molecule has 0 aliphatic carbocycles. The third kappa shape index (κ3) is 2.67. The van der Waals surface area contributed by atoms with Crippen molar-refractivity contribution < 1.29 is 0 Å². The topological polar surface area (TPSA) is 56.7 Å². The highest BCUT2D eigenvalue weighted by Gasteiger charge is 2.02. The Bertz CT molecular complexity index is 250. The fourth-order valence-corrected chi connectivity index (χ4v) is 1.81. The second-order valence-corrected chi connectivity index (χ2v) is 4.26. The molecule has 2 N–H and O–H groups in total. The molecule has 0 spiro atoms. The standard InChI is InChI=1S/C6H11BrN4S/c1-2-12-4-3-11-5(7)9-6(8)10-11/h2-4H2,1H3,(H2,8,10). The van der Waals surface area contributed by atoms with Crippen LogP contribution in [0.5, 0.6) is 0 Å². The van der Waals surface area contributed by atoms with E-state index in [1.165, 1.54) is 0 Å². The van der Waals surface area contributed by atoms with E-state index in [2.05, 4.69) is 32.9 Å². The van der Waals surface area contributed by atoms with Gasteiger partial charge in [-0.1, -0.05) is 6.92 Å². The van der Waals surface area contributed by atoms with Crippen LogP contribution in [-0.2, 0) is 6.54 Å². The highest BCUT2D eigenvalue weighted by molar-refractivity contribution is 9.10. The van der Waals surface area contributed by atoms with Crippen molar-refractivity contribution in [3.8, 4) is 0 Å². The molecule has 1 aromatic rings. The van der Waals surface area contributed by atoms with Crippen molar-refractivity contribution in [2.75, 3.05) is 17.2 Å². The van der Waals surface area contributed by atoms with Crippen molar-refractivity contribution in [2.24, 2.45) is 0 Å². The number of nitrogens with zero attached hydrogens (tertiary/aromatic N) is 3. The third-order valence-electron chi connectivity index (χ3n) is 1.29. The number of halogens is 1. The summed E-state index contributed by atoms with van der Waals surface area (Å²) in [5, 5.41) is 4.01. The van der Waals surface area contributed by atoms with Crippen LogP contribution in [0.2, 0.25) is 0 Å². The van der Waals surface area contributed by atoms with Crippen molar-refractivity contribution in [1.82, 2.24) is 14.8 Å². The molecule has 1 heterocycles. The van der Waals surface area contributed by atoms with Gasteiger partial charge in [0.15, 0.2) is 4.73 Å². The zero-order valence-electron chi connectivity index (χ0n) is 6.83. The zero-order valence-corrected chi connectivity index (χ0v) is 9.23. The molecule has 68 valence electrons. The van der Waals surface area contributed by atoms with Gasteiger partial charge >= 0.3 is 0 Å². The van der Waals surface area contributed by atoms with Gasteiger partial charge in [0.2, 0.25) is 5.95 Å². The van der Waals surface area contributed by atoms with Gasteiger partial charge in [0, 0.05) is 5.75 Å². The Morgan fingerprint density at radius 1 is 1.67 bits per heavy atom. The van der Waals surface area contributed by atoms with E-state index in [4.69, 9.17) is 5.73 Å². The van der Waals surface area contributed by atoms with E-state index in [1.54, 1.807) is 4.68 Å². The van der Waals surface area contributed by atoms with Crippen molar-refractivity contribution in [2.45, 2.75) is 13.5 Å². The molecule has 12 heavy (non-hydrogen) atoms. The Kier molecular flexibility index (Phi) is 3.87. The molecule has 4 nitrogen and oxygen atoms in total. The van der Waals surface area contributed by atoms with Crippen molar-refractivity contribution in [3.05, 3.63) is 4.73 Å². The first-order valence-electron chi connectivity index (χ1n) is 3.67. The average molecular weight is 251 g/mol. The minimum absolute atomic E-state index is 0.323. The van der Waals surface area contributed by atoms with Crippen LogP contribution >= 0.6 is 27.7 Å². The maximum atomic E-state index is 5.40. The molecular formula is C6H11BrN4S. The summed E-state index contributed by atoms with van der Waals surface area (Å²) >= 11 is 5.14. The number of rotatable bonds is 4. The van der Waals surface area contributed by atoms with Crippen molar-refractivity contribution >= 4 is 33.6 Å². The molecule has 1 aromatic heterocycles. The molecule has 0 aromatic carbocycles. The Morgan fingerprint density at radius 2 is 2.42 bits per heavy atom. The van der Waals surface area contributed by atoms with Gasteiger partial charge in [0.05, 0.1) is 6.54 Å². The summed E-state index contributed by atoms with van der Waals surface area (Å²) in [4.78, 5) is 3.93. The number of hydrogen-bond acceptors (Lipinski definition) is 4. The number of nitrogen functional groups attached to an aromatic ring is 1. The molecular weight excluding hydrogens is 240 g/mol. The third-order valence-corrected chi connectivity index (χ3v) is 2.76. The molecule has 0 saturated heterocycles. The van der Waals surface area contributed by atoms with Gasteiger partial charge in [-0.2, -0.15) is 16.7 Å². The Morgan fingerprint density at radius 3 is 2.92 bits per heavy atom. The molecule has 0 aliphatic heterocycles.